The van der Waals surface area contributed by atoms with Gasteiger partial charge in [-0.3, -0.25) is 14.4 Å². The lowest BCUT2D eigenvalue weighted by atomic mass is 10.2. The van der Waals surface area contributed by atoms with E-state index in [4.69, 9.17) is 0 Å². The van der Waals surface area contributed by atoms with E-state index in [-0.39, 0.29) is 12.2 Å². The van der Waals surface area contributed by atoms with Crippen molar-refractivity contribution in [3.8, 4) is 5.69 Å². The van der Waals surface area contributed by atoms with Crippen LogP contribution in [0.1, 0.15) is 21.7 Å². The smallest absolute Gasteiger partial charge is 0.278 e. The lowest BCUT2D eigenvalue weighted by Gasteiger charge is -2.17. The predicted octanol–water partition coefficient (Wildman–Crippen LogP) is 2.09. The molecule has 0 atom stereocenters. The molecule has 9 heteroatoms. The highest BCUT2D eigenvalue weighted by molar-refractivity contribution is 5.97. The number of pyridine rings is 1. The van der Waals surface area contributed by atoms with Crippen molar-refractivity contribution in [1.82, 2.24) is 19.7 Å². The number of aryl methyl sites for hydroxylation is 2. The van der Waals surface area contributed by atoms with E-state index in [0.717, 1.165) is 10.5 Å². The van der Waals surface area contributed by atoms with Crippen LogP contribution in [-0.4, -0.2) is 45.1 Å². The van der Waals surface area contributed by atoms with Crippen molar-refractivity contribution < 1.29 is 14.0 Å². The van der Waals surface area contributed by atoms with Gasteiger partial charge >= 0.3 is 0 Å². The molecule has 0 radical (unpaired) electrons. The number of amides is 2. The van der Waals surface area contributed by atoms with Crippen LogP contribution >= 0.6 is 0 Å². The fraction of sp³-hybridized carbons (Fsp3) is 0.190. The summed E-state index contributed by atoms with van der Waals surface area (Å²) in [6, 6.07) is 10.6. The summed E-state index contributed by atoms with van der Waals surface area (Å²) in [5, 5.41) is 6.65. The molecule has 0 aliphatic carbocycles. The third-order valence-electron chi connectivity index (χ3n) is 4.30. The van der Waals surface area contributed by atoms with Crippen LogP contribution in [0.5, 0.6) is 0 Å². The summed E-state index contributed by atoms with van der Waals surface area (Å²) in [4.78, 5) is 42.4. The summed E-state index contributed by atoms with van der Waals surface area (Å²) in [6.45, 7) is 3.13. The second-order valence-electron chi connectivity index (χ2n) is 6.79. The van der Waals surface area contributed by atoms with Crippen molar-refractivity contribution in [1.29, 1.82) is 0 Å². The highest BCUT2D eigenvalue weighted by atomic mass is 19.1. The average Bonchev–Trinajstić information content (AvgIpc) is 2.68. The van der Waals surface area contributed by atoms with Gasteiger partial charge in [0, 0.05) is 25.0 Å². The van der Waals surface area contributed by atoms with E-state index in [1.807, 2.05) is 6.92 Å². The second kappa shape index (κ2) is 8.64. The zero-order chi connectivity index (χ0) is 21.8. The van der Waals surface area contributed by atoms with Gasteiger partial charge in [-0.25, -0.2) is 14.1 Å². The zero-order valence-electron chi connectivity index (χ0n) is 16.7. The van der Waals surface area contributed by atoms with Crippen molar-refractivity contribution in [2.75, 3.05) is 18.9 Å². The summed E-state index contributed by atoms with van der Waals surface area (Å²) in [5.41, 5.74) is 0.371. The van der Waals surface area contributed by atoms with E-state index in [0.29, 0.717) is 11.5 Å². The summed E-state index contributed by atoms with van der Waals surface area (Å²) >= 11 is 0. The van der Waals surface area contributed by atoms with Gasteiger partial charge < -0.3 is 10.2 Å². The number of carbonyl (C=O) groups excluding carboxylic acids is 2. The molecule has 1 aromatic carbocycles. The number of para-hydroxylation sites is 1. The number of benzene rings is 1. The Labute approximate surface area is 172 Å². The first-order chi connectivity index (χ1) is 14.3. The average molecular weight is 409 g/mol. The van der Waals surface area contributed by atoms with Gasteiger partial charge in [0.05, 0.1) is 6.54 Å². The molecule has 8 nitrogen and oxygen atoms in total. The molecule has 0 bridgehead atoms. The summed E-state index contributed by atoms with van der Waals surface area (Å²) in [7, 11) is 1.38. The van der Waals surface area contributed by atoms with Crippen molar-refractivity contribution >= 4 is 17.6 Å². The molecule has 2 amide bonds. The monoisotopic (exact) mass is 409 g/mol. The topological polar surface area (TPSA) is 97.2 Å². The summed E-state index contributed by atoms with van der Waals surface area (Å²) in [6.07, 6.45) is 1.56. The molecule has 0 saturated carbocycles. The first-order valence-electron chi connectivity index (χ1n) is 9.10. The van der Waals surface area contributed by atoms with Crippen LogP contribution in [0, 0.1) is 19.7 Å². The zero-order valence-corrected chi connectivity index (χ0v) is 16.7. The Balaban J connectivity index is 1.82. The molecule has 1 N–H and O–H groups in total. The molecule has 154 valence electrons. The molecule has 0 aliphatic rings. The fourth-order valence-corrected chi connectivity index (χ4v) is 2.82. The summed E-state index contributed by atoms with van der Waals surface area (Å²) in [5.74, 6) is -1.42. The highest BCUT2D eigenvalue weighted by Gasteiger charge is 2.21. The molecule has 0 fully saturated rings. The Morgan fingerprint density at radius 3 is 2.60 bits per heavy atom. The first kappa shape index (κ1) is 20.8. The van der Waals surface area contributed by atoms with Crippen molar-refractivity contribution in [3.05, 3.63) is 81.7 Å². The maximum Gasteiger partial charge on any atom is 0.278 e. The molecule has 30 heavy (non-hydrogen) atoms. The van der Waals surface area contributed by atoms with Gasteiger partial charge in [0.25, 0.3) is 5.91 Å². The van der Waals surface area contributed by atoms with Crippen LogP contribution in [0.2, 0.25) is 0 Å². The second-order valence-corrected chi connectivity index (χ2v) is 6.79. The van der Waals surface area contributed by atoms with Gasteiger partial charge in [-0.2, -0.15) is 5.10 Å². The Bertz CT molecular complexity index is 1180. The number of carbonyl (C=O) groups is 2. The van der Waals surface area contributed by atoms with Crippen LogP contribution in [0.15, 0.2) is 53.5 Å². The molecule has 0 aliphatic heterocycles. The SMILES string of the molecule is Cc1ccnc(NC(=O)CN(C)C(=O)c2nn(-c3ccccc3F)c(C)cc2=O)c1. The molecule has 0 saturated heterocycles. The largest absolute Gasteiger partial charge is 0.331 e. The Morgan fingerprint density at radius 1 is 1.17 bits per heavy atom. The third-order valence-corrected chi connectivity index (χ3v) is 4.30. The molecule has 0 unspecified atom stereocenters. The minimum Gasteiger partial charge on any atom is -0.331 e. The molecule has 3 aromatic rings. The fourth-order valence-electron chi connectivity index (χ4n) is 2.82. The molecule has 0 spiro atoms. The molecule has 2 aromatic heterocycles. The number of hydrogen-bond acceptors (Lipinski definition) is 5. The summed E-state index contributed by atoms with van der Waals surface area (Å²) < 4.78 is 15.4. The van der Waals surface area contributed by atoms with Crippen molar-refractivity contribution in [2.45, 2.75) is 13.8 Å². The third kappa shape index (κ3) is 4.57. The number of hydrogen-bond donors (Lipinski definition) is 1. The predicted molar refractivity (Wildman–Crippen MR) is 109 cm³/mol. The van der Waals surface area contributed by atoms with Gasteiger partial charge in [0.15, 0.2) is 5.69 Å². The number of likely N-dealkylation sites (N-methyl/N-ethyl adjacent to an activating group) is 1. The van der Waals surface area contributed by atoms with Gasteiger partial charge in [-0.1, -0.05) is 12.1 Å². The standard InChI is InChI=1S/C21H20FN5O3/c1-13-8-9-23-18(10-13)24-19(29)12-26(3)21(30)20-17(28)11-14(2)27(25-20)16-7-5-4-6-15(16)22/h4-11H,12H2,1-3H3,(H,23,24,29). The van der Waals surface area contributed by atoms with E-state index in [1.54, 1.807) is 31.3 Å². The van der Waals surface area contributed by atoms with Gasteiger partial charge in [0.2, 0.25) is 11.3 Å². The maximum absolute atomic E-state index is 14.2. The Kier molecular flexibility index (Phi) is 6.01. The quantitative estimate of drug-likeness (QED) is 0.696. The number of nitrogens with zero attached hydrogens (tertiary/aromatic N) is 4. The van der Waals surface area contributed by atoms with E-state index < -0.39 is 28.8 Å². The lowest BCUT2D eigenvalue weighted by molar-refractivity contribution is -0.116. The minimum absolute atomic E-state index is 0.106. The van der Waals surface area contributed by atoms with Gasteiger partial charge in [-0.15, -0.1) is 0 Å². The number of anilines is 1. The normalized spacial score (nSPS) is 10.5. The Hall–Kier alpha value is -3.88. The number of nitrogens with one attached hydrogen (secondary N) is 1. The van der Waals surface area contributed by atoms with E-state index in [2.05, 4.69) is 15.4 Å². The maximum atomic E-state index is 14.2. The molecule has 2 heterocycles. The first-order valence-corrected chi connectivity index (χ1v) is 9.10. The van der Waals surface area contributed by atoms with Crippen LogP contribution in [0.25, 0.3) is 5.69 Å². The highest BCUT2D eigenvalue weighted by Crippen LogP contribution is 2.13. The van der Waals surface area contributed by atoms with Crippen molar-refractivity contribution in [3.63, 3.8) is 0 Å². The van der Waals surface area contributed by atoms with Crippen LogP contribution in [0.4, 0.5) is 10.2 Å². The number of aromatic nitrogens is 3. The number of rotatable bonds is 5. The van der Waals surface area contributed by atoms with E-state index in [1.165, 1.54) is 36.0 Å². The van der Waals surface area contributed by atoms with Crippen LogP contribution in [-0.2, 0) is 4.79 Å². The van der Waals surface area contributed by atoms with Crippen LogP contribution in [0.3, 0.4) is 0 Å². The number of halogens is 1. The van der Waals surface area contributed by atoms with Crippen LogP contribution < -0.4 is 10.7 Å². The van der Waals surface area contributed by atoms with Gasteiger partial charge in [-0.05, 0) is 43.7 Å². The van der Waals surface area contributed by atoms with Gasteiger partial charge in [0.1, 0.15) is 17.3 Å². The van der Waals surface area contributed by atoms with Crippen molar-refractivity contribution in [2.24, 2.45) is 0 Å². The van der Waals surface area contributed by atoms with E-state index in [9.17, 15) is 18.8 Å². The Morgan fingerprint density at radius 2 is 1.90 bits per heavy atom. The minimum atomic E-state index is -0.752. The molecular weight excluding hydrogens is 389 g/mol. The van der Waals surface area contributed by atoms with E-state index >= 15 is 0 Å². The lowest BCUT2D eigenvalue weighted by Crippen LogP contribution is -2.38. The molecular formula is C21H20FN5O3. The molecule has 3 rings (SSSR count).